The second-order valence-electron chi connectivity index (χ2n) is 1.49. The molecule has 66 valence electrons. The predicted molar refractivity (Wildman–Crippen MR) is 42.6 cm³/mol. The quantitative estimate of drug-likeness (QED) is 0.433. The molecular formula is C6H15N3O2. The van der Waals surface area contributed by atoms with E-state index in [1.54, 1.807) is 0 Å². The minimum Gasteiger partial charge on any atom is -0.368 e. The van der Waals surface area contributed by atoms with Crippen molar-refractivity contribution >= 4 is 11.8 Å². The monoisotopic (exact) mass is 161 g/mol. The summed E-state index contributed by atoms with van der Waals surface area (Å²) in [5.41, 5.74) is 9.67. The van der Waals surface area contributed by atoms with Gasteiger partial charge in [0, 0.05) is 7.05 Å². The van der Waals surface area contributed by atoms with E-state index in [1.165, 1.54) is 7.05 Å². The highest BCUT2D eigenvalue weighted by Gasteiger charge is 2.16. The molecule has 0 aromatic rings. The van der Waals surface area contributed by atoms with E-state index < -0.39 is 17.9 Å². The molecule has 0 aromatic carbocycles. The molecule has 5 heteroatoms. The van der Waals surface area contributed by atoms with Crippen LogP contribution in [0.5, 0.6) is 0 Å². The zero-order chi connectivity index (χ0) is 9.44. The molecule has 0 aliphatic rings. The lowest BCUT2D eigenvalue weighted by Gasteiger charge is -2.02. The van der Waals surface area contributed by atoms with Crippen molar-refractivity contribution in [3.8, 4) is 0 Å². The number of amides is 2. The van der Waals surface area contributed by atoms with E-state index in [-0.39, 0.29) is 0 Å². The first-order valence-corrected chi connectivity index (χ1v) is 3.36. The van der Waals surface area contributed by atoms with Crippen LogP contribution in [0.4, 0.5) is 0 Å². The van der Waals surface area contributed by atoms with Crippen molar-refractivity contribution in [1.82, 2.24) is 5.32 Å². The van der Waals surface area contributed by atoms with Gasteiger partial charge in [-0.2, -0.15) is 0 Å². The molecule has 0 radical (unpaired) electrons. The highest BCUT2D eigenvalue weighted by atomic mass is 16.2. The van der Waals surface area contributed by atoms with E-state index in [0.717, 1.165) is 0 Å². The van der Waals surface area contributed by atoms with Crippen LogP contribution in [-0.2, 0) is 9.59 Å². The summed E-state index contributed by atoms with van der Waals surface area (Å²) in [5.74, 6) is -1.39. The third kappa shape index (κ3) is 5.35. The fourth-order valence-corrected chi connectivity index (χ4v) is 0.285. The summed E-state index contributed by atoms with van der Waals surface area (Å²) in [5, 5.41) is 2.18. The third-order valence-corrected chi connectivity index (χ3v) is 0.835. The lowest BCUT2D eigenvalue weighted by atomic mass is 10.3. The van der Waals surface area contributed by atoms with E-state index in [2.05, 4.69) is 11.1 Å². The molecule has 5 N–H and O–H groups in total. The van der Waals surface area contributed by atoms with Crippen LogP contribution in [-0.4, -0.2) is 24.9 Å². The first kappa shape index (κ1) is 12.6. The SMILES string of the molecule is CC.CNC(=O)C(N)C(N)=O. The Morgan fingerprint density at radius 3 is 1.82 bits per heavy atom. The Kier molecular flexibility index (Phi) is 8.01. The molecule has 0 saturated heterocycles. The number of rotatable bonds is 2. The fraction of sp³-hybridized carbons (Fsp3) is 0.667. The van der Waals surface area contributed by atoms with Gasteiger partial charge in [-0.05, 0) is 0 Å². The van der Waals surface area contributed by atoms with Crippen LogP contribution in [0.25, 0.3) is 0 Å². The molecule has 0 aromatic heterocycles. The molecular weight excluding hydrogens is 146 g/mol. The van der Waals surface area contributed by atoms with Gasteiger partial charge in [0.2, 0.25) is 11.8 Å². The normalized spacial score (nSPS) is 10.5. The van der Waals surface area contributed by atoms with E-state index in [0.29, 0.717) is 0 Å². The van der Waals surface area contributed by atoms with Crippen LogP contribution < -0.4 is 16.8 Å². The zero-order valence-corrected chi connectivity index (χ0v) is 7.05. The molecule has 0 aliphatic heterocycles. The average Bonchev–Trinajstić information content (AvgIpc) is 2.05. The second kappa shape index (κ2) is 7.01. The molecule has 0 spiro atoms. The van der Waals surface area contributed by atoms with Crippen LogP contribution in [0.1, 0.15) is 13.8 Å². The number of carbonyl (C=O) groups excluding carboxylic acids is 2. The minimum absolute atomic E-state index is 0.567. The predicted octanol–water partition coefficient (Wildman–Crippen LogP) is -1.43. The number of hydrogen-bond acceptors (Lipinski definition) is 3. The number of carbonyl (C=O) groups is 2. The largest absolute Gasteiger partial charge is 0.368 e. The van der Waals surface area contributed by atoms with Crippen molar-refractivity contribution in [2.45, 2.75) is 19.9 Å². The van der Waals surface area contributed by atoms with Gasteiger partial charge in [-0.15, -0.1) is 0 Å². The Bertz CT molecular complexity index is 136. The lowest BCUT2D eigenvalue weighted by molar-refractivity contribution is -0.129. The number of likely N-dealkylation sites (N-methyl/N-ethyl adjacent to an activating group) is 1. The van der Waals surface area contributed by atoms with Gasteiger partial charge < -0.3 is 16.8 Å². The summed E-state index contributed by atoms with van der Waals surface area (Å²) >= 11 is 0. The number of hydrogen-bond donors (Lipinski definition) is 3. The van der Waals surface area contributed by atoms with Crippen LogP contribution in [0.15, 0.2) is 0 Å². The van der Waals surface area contributed by atoms with E-state index >= 15 is 0 Å². The molecule has 0 aliphatic carbocycles. The van der Waals surface area contributed by atoms with E-state index in [1.807, 2.05) is 13.8 Å². The Morgan fingerprint density at radius 2 is 1.73 bits per heavy atom. The summed E-state index contributed by atoms with van der Waals surface area (Å²) in [6, 6.07) is -1.23. The number of primary amides is 1. The first-order valence-electron chi connectivity index (χ1n) is 3.36. The summed E-state index contributed by atoms with van der Waals surface area (Å²) in [7, 11) is 1.38. The average molecular weight is 161 g/mol. The van der Waals surface area contributed by atoms with Gasteiger partial charge >= 0.3 is 0 Å². The molecule has 11 heavy (non-hydrogen) atoms. The van der Waals surface area contributed by atoms with Gasteiger partial charge in [0.15, 0.2) is 6.04 Å². The molecule has 0 heterocycles. The topological polar surface area (TPSA) is 98.2 Å². The van der Waals surface area contributed by atoms with Crippen LogP contribution in [0, 0.1) is 0 Å². The molecule has 5 nitrogen and oxygen atoms in total. The van der Waals surface area contributed by atoms with Gasteiger partial charge in [0.1, 0.15) is 0 Å². The van der Waals surface area contributed by atoms with Gasteiger partial charge in [-0.25, -0.2) is 0 Å². The van der Waals surface area contributed by atoms with Crippen molar-refractivity contribution in [3.05, 3.63) is 0 Å². The maximum absolute atomic E-state index is 10.4. The Labute approximate surface area is 66.1 Å². The molecule has 0 fully saturated rings. The molecule has 0 bridgehead atoms. The third-order valence-electron chi connectivity index (χ3n) is 0.835. The Hall–Kier alpha value is -1.10. The smallest absolute Gasteiger partial charge is 0.246 e. The highest BCUT2D eigenvalue weighted by Crippen LogP contribution is 1.72. The minimum atomic E-state index is -1.23. The van der Waals surface area contributed by atoms with Crippen molar-refractivity contribution < 1.29 is 9.59 Å². The van der Waals surface area contributed by atoms with Crippen LogP contribution in [0.2, 0.25) is 0 Å². The Balaban J connectivity index is 0. The molecule has 2 amide bonds. The lowest BCUT2D eigenvalue weighted by Crippen LogP contribution is -2.48. The van der Waals surface area contributed by atoms with Crippen molar-refractivity contribution in [2.24, 2.45) is 11.5 Å². The molecule has 1 atom stereocenters. The summed E-state index contributed by atoms with van der Waals surface area (Å²) in [6.45, 7) is 4.00. The summed E-state index contributed by atoms with van der Waals surface area (Å²) < 4.78 is 0. The van der Waals surface area contributed by atoms with Crippen molar-refractivity contribution in [3.63, 3.8) is 0 Å². The summed E-state index contributed by atoms with van der Waals surface area (Å²) in [6.07, 6.45) is 0. The summed E-state index contributed by atoms with van der Waals surface area (Å²) in [4.78, 5) is 20.6. The molecule has 0 saturated carbocycles. The van der Waals surface area contributed by atoms with Gasteiger partial charge in [0.05, 0.1) is 0 Å². The van der Waals surface area contributed by atoms with Gasteiger partial charge in [0.25, 0.3) is 0 Å². The van der Waals surface area contributed by atoms with Gasteiger partial charge in [-0.1, -0.05) is 13.8 Å². The maximum atomic E-state index is 10.4. The first-order chi connectivity index (χ1) is 5.09. The molecule has 0 rings (SSSR count). The van der Waals surface area contributed by atoms with E-state index in [9.17, 15) is 9.59 Å². The molecule has 1 unspecified atom stereocenters. The zero-order valence-electron chi connectivity index (χ0n) is 7.05. The van der Waals surface area contributed by atoms with Crippen LogP contribution >= 0.6 is 0 Å². The fourth-order valence-electron chi connectivity index (χ4n) is 0.285. The number of nitrogens with one attached hydrogen (secondary N) is 1. The second-order valence-corrected chi connectivity index (χ2v) is 1.49. The Morgan fingerprint density at radius 1 is 1.36 bits per heavy atom. The van der Waals surface area contributed by atoms with Crippen molar-refractivity contribution in [2.75, 3.05) is 7.05 Å². The highest BCUT2D eigenvalue weighted by molar-refractivity contribution is 6.03. The van der Waals surface area contributed by atoms with Gasteiger partial charge in [-0.3, -0.25) is 9.59 Å². The van der Waals surface area contributed by atoms with E-state index in [4.69, 9.17) is 5.73 Å². The van der Waals surface area contributed by atoms with Crippen LogP contribution in [0.3, 0.4) is 0 Å². The van der Waals surface area contributed by atoms with Crippen molar-refractivity contribution in [1.29, 1.82) is 0 Å². The number of nitrogens with two attached hydrogens (primary N) is 2. The standard InChI is InChI=1S/C4H9N3O2.C2H6/c1-7-4(9)2(5)3(6)8;1-2/h2H,5H2,1H3,(H2,6,8)(H,7,9);1-2H3. The maximum Gasteiger partial charge on any atom is 0.246 e.